The number of rotatable bonds is 3. The first kappa shape index (κ1) is 13.9. The van der Waals surface area contributed by atoms with Gasteiger partial charge in [0.05, 0.1) is 5.56 Å². The molecule has 0 aromatic heterocycles. The highest BCUT2D eigenvalue weighted by Crippen LogP contribution is 2.11. The molecule has 0 unspecified atom stereocenters. The van der Waals surface area contributed by atoms with Crippen LogP contribution in [0.1, 0.15) is 15.9 Å². The molecule has 1 aromatic carbocycles. The molecule has 0 aliphatic carbocycles. The van der Waals surface area contributed by atoms with Gasteiger partial charge in [-0.1, -0.05) is 12.1 Å². The van der Waals surface area contributed by atoms with Crippen molar-refractivity contribution < 1.29 is 9.18 Å². The van der Waals surface area contributed by atoms with Crippen LogP contribution in [0.15, 0.2) is 18.2 Å². The topological polar surface area (TPSA) is 41.1 Å². The Morgan fingerprint density at radius 1 is 1.53 bits per heavy atom. The van der Waals surface area contributed by atoms with E-state index in [1.807, 2.05) is 0 Å². The summed E-state index contributed by atoms with van der Waals surface area (Å²) in [5, 5.41) is 5.87. The zero-order chi connectivity index (χ0) is 11.5. The third kappa shape index (κ3) is 3.17. The summed E-state index contributed by atoms with van der Waals surface area (Å²) in [4.78, 5) is 11.7. The highest BCUT2D eigenvalue weighted by Gasteiger charge is 2.19. The van der Waals surface area contributed by atoms with Crippen LogP contribution in [0.3, 0.4) is 0 Å². The van der Waals surface area contributed by atoms with E-state index in [0.29, 0.717) is 18.0 Å². The van der Waals surface area contributed by atoms with E-state index in [2.05, 4.69) is 10.6 Å². The van der Waals surface area contributed by atoms with Crippen LogP contribution in [-0.4, -0.2) is 25.5 Å². The summed E-state index contributed by atoms with van der Waals surface area (Å²) in [6.07, 6.45) is 0. The molecule has 1 aromatic rings. The first-order valence-corrected chi connectivity index (χ1v) is 5.42. The van der Waals surface area contributed by atoms with E-state index in [1.165, 1.54) is 6.07 Å². The molecule has 94 valence electrons. The van der Waals surface area contributed by atoms with Crippen molar-refractivity contribution in [1.82, 2.24) is 10.6 Å². The molecule has 5 heteroatoms. The second-order valence-corrected chi connectivity index (χ2v) is 4.17. The van der Waals surface area contributed by atoms with Gasteiger partial charge in [-0.3, -0.25) is 4.79 Å². The van der Waals surface area contributed by atoms with E-state index in [0.717, 1.165) is 13.1 Å². The lowest BCUT2D eigenvalue weighted by atomic mass is 10.0. The fourth-order valence-electron chi connectivity index (χ4n) is 1.65. The maximum Gasteiger partial charge on any atom is 0.254 e. The van der Waals surface area contributed by atoms with E-state index in [4.69, 9.17) is 0 Å². The average molecular weight is 259 g/mol. The molecule has 0 bridgehead atoms. The summed E-state index contributed by atoms with van der Waals surface area (Å²) < 4.78 is 13.6. The zero-order valence-electron chi connectivity index (χ0n) is 9.63. The molecule has 0 atom stereocenters. The number of aryl methyl sites for hydroxylation is 1. The molecule has 2 N–H and O–H groups in total. The second-order valence-electron chi connectivity index (χ2n) is 4.17. The molecule has 17 heavy (non-hydrogen) atoms. The van der Waals surface area contributed by atoms with Crippen molar-refractivity contribution in [2.75, 3.05) is 19.6 Å². The Bertz CT molecular complexity index is 407. The van der Waals surface area contributed by atoms with Gasteiger partial charge in [-0.2, -0.15) is 0 Å². The summed E-state index contributed by atoms with van der Waals surface area (Å²) in [5.74, 6) is -0.267. The average Bonchev–Trinajstić information content (AvgIpc) is 2.19. The second kappa shape index (κ2) is 5.98. The van der Waals surface area contributed by atoms with Gasteiger partial charge in [0.25, 0.3) is 5.91 Å². The van der Waals surface area contributed by atoms with Gasteiger partial charge in [0.2, 0.25) is 0 Å². The molecule has 0 radical (unpaired) electrons. The lowest BCUT2D eigenvalue weighted by molar-refractivity contribution is 0.0938. The maximum absolute atomic E-state index is 13.6. The van der Waals surface area contributed by atoms with Crippen molar-refractivity contribution in [1.29, 1.82) is 0 Å². The van der Waals surface area contributed by atoms with Crippen molar-refractivity contribution in [2.45, 2.75) is 6.92 Å². The van der Waals surface area contributed by atoms with Crippen LogP contribution in [-0.2, 0) is 0 Å². The number of hydrogen-bond donors (Lipinski definition) is 2. The predicted octanol–water partition coefficient (Wildman–Crippen LogP) is 1.51. The summed E-state index contributed by atoms with van der Waals surface area (Å²) in [6, 6.07) is 4.86. The predicted molar refractivity (Wildman–Crippen MR) is 67.1 cm³/mol. The van der Waals surface area contributed by atoms with Crippen LogP contribution in [0.4, 0.5) is 4.39 Å². The highest BCUT2D eigenvalue weighted by molar-refractivity contribution is 5.94. The molecular weight excluding hydrogens is 243 g/mol. The van der Waals surface area contributed by atoms with Crippen molar-refractivity contribution >= 4 is 18.3 Å². The van der Waals surface area contributed by atoms with Crippen LogP contribution < -0.4 is 10.6 Å². The number of hydrogen-bond acceptors (Lipinski definition) is 2. The number of carbonyl (C=O) groups is 1. The number of nitrogens with one attached hydrogen (secondary N) is 2. The third-order valence-electron chi connectivity index (χ3n) is 2.85. The maximum atomic E-state index is 13.6. The molecule has 0 saturated carbocycles. The highest BCUT2D eigenvalue weighted by atomic mass is 35.5. The summed E-state index contributed by atoms with van der Waals surface area (Å²) >= 11 is 0. The lowest BCUT2D eigenvalue weighted by Crippen LogP contribution is -2.48. The first-order chi connectivity index (χ1) is 7.68. The Hall–Kier alpha value is -1.13. The van der Waals surface area contributed by atoms with Crippen LogP contribution in [0.5, 0.6) is 0 Å². The number of halogens is 2. The van der Waals surface area contributed by atoms with E-state index in [9.17, 15) is 9.18 Å². The Kier molecular flexibility index (Phi) is 4.90. The first-order valence-electron chi connectivity index (χ1n) is 5.42. The molecule has 1 fully saturated rings. The Balaban J connectivity index is 0.00000144. The van der Waals surface area contributed by atoms with Gasteiger partial charge >= 0.3 is 0 Å². The minimum Gasteiger partial charge on any atom is -0.352 e. The fraction of sp³-hybridized carbons (Fsp3) is 0.417. The van der Waals surface area contributed by atoms with E-state index >= 15 is 0 Å². The number of amides is 1. The van der Waals surface area contributed by atoms with E-state index in [1.54, 1.807) is 19.1 Å². The van der Waals surface area contributed by atoms with Crippen molar-refractivity contribution in [2.24, 2.45) is 5.92 Å². The summed E-state index contributed by atoms with van der Waals surface area (Å²) in [6.45, 7) is 4.12. The van der Waals surface area contributed by atoms with Crippen LogP contribution in [0, 0.1) is 18.7 Å². The molecule has 3 nitrogen and oxygen atoms in total. The molecule has 1 aliphatic heterocycles. The Labute approximate surface area is 106 Å². The van der Waals surface area contributed by atoms with Gasteiger partial charge in [-0.25, -0.2) is 4.39 Å². The van der Waals surface area contributed by atoms with Crippen LogP contribution >= 0.6 is 12.4 Å². The monoisotopic (exact) mass is 258 g/mol. The summed E-state index contributed by atoms with van der Waals surface area (Å²) in [7, 11) is 0. The van der Waals surface area contributed by atoms with Crippen LogP contribution in [0.2, 0.25) is 0 Å². The molecule has 1 amide bonds. The van der Waals surface area contributed by atoms with Crippen LogP contribution in [0.25, 0.3) is 0 Å². The largest absolute Gasteiger partial charge is 0.352 e. The molecule has 1 aliphatic rings. The normalized spacial score (nSPS) is 14.7. The van der Waals surface area contributed by atoms with Crippen molar-refractivity contribution in [3.8, 4) is 0 Å². The fourth-order valence-corrected chi connectivity index (χ4v) is 1.65. The minimum absolute atomic E-state index is 0. The van der Waals surface area contributed by atoms with Gasteiger partial charge < -0.3 is 10.6 Å². The van der Waals surface area contributed by atoms with Gasteiger partial charge in [0.1, 0.15) is 5.82 Å². The smallest absolute Gasteiger partial charge is 0.254 e. The quantitative estimate of drug-likeness (QED) is 0.863. The number of carbonyl (C=O) groups excluding carboxylic acids is 1. The molecule has 0 spiro atoms. The number of benzene rings is 1. The van der Waals surface area contributed by atoms with Gasteiger partial charge in [-0.05, 0) is 18.6 Å². The summed E-state index contributed by atoms with van der Waals surface area (Å²) in [5.41, 5.74) is 0.630. The van der Waals surface area contributed by atoms with Crippen molar-refractivity contribution in [3.63, 3.8) is 0 Å². The zero-order valence-corrected chi connectivity index (χ0v) is 10.4. The third-order valence-corrected chi connectivity index (χ3v) is 2.85. The SMILES string of the molecule is Cc1cccc(C(=O)NCC2CNC2)c1F.Cl. The Morgan fingerprint density at radius 2 is 2.24 bits per heavy atom. The molecule has 1 saturated heterocycles. The van der Waals surface area contributed by atoms with Gasteiger partial charge in [0, 0.05) is 25.6 Å². The molecule has 2 rings (SSSR count). The standard InChI is InChI=1S/C12H15FN2O.ClH/c1-8-3-2-4-10(11(8)13)12(16)15-7-9-5-14-6-9;/h2-4,9,14H,5-7H2,1H3,(H,15,16);1H. The van der Waals surface area contributed by atoms with E-state index < -0.39 is 5.82 Å². The van der Waals surface area contributed by atoms with Gasteiger partial charge in [-0.15, -0.1) is 12.4 Å². The minimum atomic E-state index is -0.424. The lowest BCUT2D eigenvalue weighted by Gasteiger charge is -2.27. The van der Waals surface area contributed by atoms with E-state index in [-0.39, 0.29) is 23.9 Å². The molecular formula is C12H16ClFN2O. The Morgan fingerprint density at radius 3 is 2.82 bits per heavy atom. The van der Waals surface area contributed by atoms with Crippen molar-refractivity contribution in [3.05, 3.63) is 35.1 Å². The molecule has 1 heterocycles. The van der Waals surface area contributed by atoms with Gasteiger partial charge in [0.15, 0.2) is 0 Å².